The minimum Gasteiger partial charge on any atom is -0.368 e. The number of pyridine rings is 1. The van der Waals surface area contributed by atoms with E-state index in [0.29, 0.717) is 57.4 Å². The van der Waals surface area contributed by atoms with E-state index in [0.717, 1.165) is 11.5 Å². The molecule has 2 aliphatic rings. The zero-order chi connectivity index (χ0) is 20.2. The second-order valence-corrected chi connectivity index (χ2v) is 7.66. The number of aromatic nitrogens is 1. The van der Waals surface area contributed by atoms with Gasteiger partial charge in [0.15, 0.2) is 0 Å². The van der Waals surface area contributed by atoms with E-state index in [1.54, 1.807) is 16.0 Å². The maximum atomic E-state index is 12.7. The third-order valence-corrected chi connectivity index (χ3v) is 5.70. The number of benzene rings is 1. The molecule has 4 rings (SSSR count). The Morgan fingerprint density at radius 1 is 0.759 bits per heavy atom. The van der Waals surface area contributed by atoms with Crippen molar-refractivity contribution in [3.05, 3.63) is 53.7 Å². The Morgan fingerprint density at radius 3 is 1.93 bits per heavy atom. The number of hydrogen-bond acceptors (Lipinski definition) is 5. The molecule has 0 atom stereocenters. The molecule has 3 heterocycles. The van der Waals surface area contributed by atoms with Gasteiger partial charge < -0.3 is 19.6 Å². The Hall–Kier alpha value is -2.80. The lowest BCUT2D eigenvalue weighted by Crippen LogP contribution is -2.56. The number of piperazine rings is 2. The number of hydrogen-bond donors (Lipinski definition) is 0. The summed E-state index contributed by atoms with van der Waals surface area (Å²) >= 11 is 6.07. The predicted molar refractivity (Wildman–Crippen MR) is 113 cm³/mol. The van der Waals surface area contributed by atoms with Crippen LogP contribution in [0.15, 0.2) is 48.7 Å². The molecular weight excluding hydrogens is 390 g/mol. The van der Waals surface area contributed by atoms with E-state index in [9.17, 15) is 9.59 Å². The van der Waals surface area contributed by atoms with Crippen LogP contribution in [0.5, 0.6) is 0 Å². The molecule has 152 valence electrons. The van der Waals surface area contributed by atoms with Crippen LogP contribution in [0.1, 0.15) is 0 Å². The van der Waals surface area contributed by atoms with E-state index in [4.69, 9.17) is 11.6 Å². The van der Waals surface area contributed by atoms with Crippen molar-refractivity contribution in [2.75, 3.05) is 62.2 Å². The summed E-state index contributed by atoms with van der Waals surface area (Å²) in [7, 11) is 0. The number of anilines is 2. The Morgan fingerprint density at radius 2 is 1.38 bits per heavy atom. The highest BCUT2D eigenvalue weighted by Gasteiger charge is 2.31. The highest BCUT2D eigenvalue weighted by atomic mass is 35.5. The van der Waals surface area contributed by atoms with Gasteiger partial charge in [-0.15, -0.1) is 0 Å². The van der Waals surface area contributed by atoms with Gasteiger partial charge in [0.2, 0.25) is 0 Å². The first-order valence-electron chi connectivity index (χ1n) is 9.86. The summed E-state index contributed by atoms with van der Waals surface area (Å²) in [5, 5.41) is 0.695. The molecule has 29 heavy (non-hydrogen) atoms. The summed E-state index contributed by atoms with van der Waals surface area (Å²) in [6.45, 7) is 4.86. The molecule has 0 bridgehead atoms. The molecule has 0 radical (unpaired) electrons. The third-order valence-electron chi connectivity index (χ3n) is 5.46. The summed E-state index contributed by atoms with van der Waals surface area (Å²) < 4.78 is 0. The van der Waals surface area contributed by atoms with Crippen molar-refractivity contribution in [2.45, 2.75) is 0 Å². The average Bonchev–Trinajstić information content (AvgIpc) is 2.79. The molecule has 2 aliphatic heterocycles. The molecule has 2 aromatic rings. The summed E-state index contributed by atoms with van der Waals surface area (Å²) in [4.78, 5) is 37.4. The van der Waals surface area contributed by atoms with Gasteiger partial charge in [-0.1, -0.05) is 23.7 Å². The van der Waals surface area contributed by atoms with Gasteiger partial charge in [0, 0.05) is 69.3 Å². The molecule has 0 N–H and O–H groups in total. The molecule has 7 nitrogen and oxygen atoms in total. The summed E-state index contributed by atoms with van der Waals surface area (Å²) in [5.41, 5.74) is 1.04. The van der Waals surface area contributed by atoms with Gasteiger partial charge in [-0.25, -0.2) is 4.98 Å². The third kappa shape index (κ3) is 4.45. The smallest absolute Gasteiger partial charge is 0.312 e. The summed E-state index contributed by atoms with van der Waals surface area (Å²) in [6, 6.07) is 13.5. The molecule has 0 spiro atoms. The number of halogens is 1. The van der Waals surface area contributed by atoms with Crippen LogP contribution in [-0.2, 0) is 9.59 Å². The lowest BCUT2D eigenvalue weighted by Gasteiger charge is -2.38. The molecule has 0 aliphatic carbocycles. The largest absolute Gasteiger partial charge is 0.368 e. The van der Waals surface area contributed by atoms with Crippen LogP contribution in [0.3, 0.4) is 0 Å². The average molecular weight is 414 g/mol. The molecule has 2 fully saturated rings. The molecular formula is C21H24ClN5O2. The maximum absolute atomic E-state index is 12.7. The van der Waals surface area contributed by atoms with E-state index < -0.39 is 11.8 Å². The van der Waals surface area contributed by atoms with Crippen molar-refractivity contribution in [3.63, 3.8) is 0 Å². The maximum Gasteiger partial charge on any atom is 0.312 e. The van der Waals surface area contributed by atoms with Crippen LogP contribution in [-0.4, -0.2) is 79.0 Å². The van der Waals surface area contributed by atoms with E-state index >= 15 is 0 Å². The summed E-state index contributed by atoms with van der Waals surface area (Å²) in [5.74, 6) is 0.104. The van der Waals surface area contributed by atoms with Gasteiger partial charge in [0.25, 0.3) is 0 Å². The van der Waals surface area contributed by atoms with E-state index in [2.05, 4.69) is 14.8 Å². The van der Waals surface area contributed by atoms with Gasteiger partial charge in [-0.05, 0) is 30.3 Å². The molecule has 2 amide bonds. The molecule has 8 heteroatoms. The second kappa shape index (κ2) is 8.69. The minimum absolute atomic E-state index is 0.401. The first-order chi connectivity index (χ1) is 14.1. The highest BCUT2D eigenvalue weighted by Crippen LogP contribution is 2.21. The van der Waals surface area contributed by atoms with Crippen LogP contribution in [0.4, 0.5) is 11.5 Å². The Bertz CT molecular complexity index is 862. The molecule has 2 saturated heterocycles. The fourth-order valence-corrected chi connectivity index (χ4v) is 3.98. The van der Waals surface area contributed by atoms with Gasteiger partial charge in [0.05, 0.1) is 0 Å². The van der Waals surface area contributed by atoms with E-state index in [-0.39, 0.29) is 0 Å². The Kier molecular flexibility index (Phi) is 5.85. The van der Waals surface area contributed by atoms with Crippen LogP contribution in [0.2, 0.25) is 5.02 Å². The first-order valence-corrected chi connectivity index (χ1v) is 10.2. The van der Waals surface area contributed by atoms with Crippen molar-refractivity contribution < 1.29 is 9.59 Å². The SMILES string of the molecule is O=C(C(=O)N1CCN(c2ccccn2)CC1)N1CCN(c2cccc(Cl)c2)CC1. The lowest BCUT2D eigenvalue weighted by molar-refractivity contribution is -0.152. The zero-order valence-electron chi connectivity index (χ0n) is 16.2. The minimum atomic E-state index is -0.401. The molecule has 1 aromatic heterocycles. The van der Waals surface area contributed by atoms with Crippen molar-refractivity contribution in [1.82, 2.24) is 14.8 Å². The lowest BCUT2D eigenvalue weighted by atomic mass is 10.2. The van der Waals surface area contributed by atoms with Gasteiger partial charge in [-0.3, -0.25) is 9.59 Å². The van der Waals surface area contributed by atoms with Crippen molar-refractivity contribution >= 4 is 34.9 Å². The second-order valence-electron chi connectivity index (χ2n) is 7.23. The van der Waals surface area contributed by atoms with E-state index in [1.165, 1.54) is 0 Å². The number of rotatable bonds is 2. The van der Waals surface area contributed by atoms with Gasteiger partial charge in [0.1, 0.15) is 5.82 Å². The van der Waals surface area contributed by atoms with Crippen LogP contribution >= 0.6 is 11.6 Å². The first kappa shape index (κ1) is 19.5. The number of amides is 2. The molecule has 0 saturated carbocycles. The van der Waals surface area contributed by atoms with Crippen molar-refractivity contribution in [2.24, 2.45) is 0 Å². The zero-order valence-corrected chi connectivity index (χ0v) is 17.0. The van der Waals surface area contributed by atoms with Crippen LogP contribution in [0.25, 0.3) is 0 Å². The quantitative estimate of drug-likeness (QED) is 0.702. The fraction of sp³-hybridized carbons (Fsp3) is 0.381. The van der Waals surface area contributed by atoms with Crippen LogP contribution in [0, 0.1) is 0 Å². The number of nitrogens with zero attached hydrogens (tertiary/aromatic N) is 5. The number of carbonyl (C=O) groups excluding carboxylic acids is 2. The monoisotopic (exact) mass is 413 g/mol. The van der Waals surface area contributed by atoms with E-state index in [1.807, 2.05) is 42.5 Å². The predicted octanol–water partition coefficient (Wildman–Crippen LogP) is 1.73. The Labute approximate surface area is 175 Å². The molecule has 0 unspecified atom stereocenters. The van der Waals surface area contributed by atoms with Crippen molar-refractivity contribution in [3.8, 4) is 0 Å². The van der Waals surface area contributed by atoms with Crippen LogP contribution < -0.4 is 9.80 Å². The Balaban J connectivity index is 1.28. The highest BCUT2D eigenvalue weighted by molar-refractivity contribution is 6.35. The summed E-state index contributed by atoms with van der Waals surface area (Å²) in [6.07, 6.45) is 1.76. The topological polar surface area (TPSA) is 60.0 Å². The number of carbonyl (C=O) groups is 2. The normalized spacial score (nSPS) is 17.4. The van der Waals surface area contributed by atoms with Gasteiger partial charge >= 0.3 is 11.8 Å². The molecule has 1 aromatic carbocycles. The standard InChI is InChI=1S/C21H24ClN5O2/c22-17-4-3-5-18(16-17)24-8-12-26(13-9-24)20(28)21(29)27-14-10-25(11-15-27)19-6-1-2-7-23-19/h1-7,16H,8-15H2. The van der Waals surface area contributed by atoms with Crippen molar-refractivity contribution in [1.29, 1.82) is 0 Å². The van der Waals surface area contributed by atoms with Gasteiger partial charge in [-0.2, -0.15) is 0 Å². The fourth-order valence-electron chi connectivity index (χ4n) is 3.79.